The molecule has 0 atom stereocenters. The minimum atomic E-state index is -0.227. The molecule has 0 aliphatic heterocycles. The average Bonchev–Trinajstić information content (AvgIpc) is 3.23. The van der Waals surface area contributed by atoms with E-state index in [0.717, 1.165) is 26.9 Å². The van der Waals surface area contributed by atoms with E-state index in [9.17, 15) is 4.79 Å². The fourth-order valence-corrected chi connectivity index (χ4v) is 3.97. The zero-order valence-corrected chi connectivity index (χ0v) is 19.5. The molecule has 32 heavy (non-hydrogen) atoms. The summed E-state index contributed by atoms with van der Waals surface area (Å²) in [5.74, 6) is 0.598. The molecule has 1 N–H and O–H groups in total. The molecule has 4 rings (SSSR count). The van der Waals surface area contributed by atoms with Crippen LogP contribution in [-0.4, -0.2) is 37.6 Å². The molecule has 7 nitrogen and oxygen atoms in total. The second-order valence-electron chi connectivity index (χ2n) is 6.85. The summed E-state index contributed by atoms with van der Waals surface area (Å²) in [7, 11) is 0. The maximum atomic E-state index is 12.3. The normalized spacial score (nSPS) is 11.1. The minimum Gasteiger partial charge on any atom is -0.272 e. The second kappa shape index (κ2) is 10.3. The molecule has 1 amide bonds. The molecular formula is C23H19BrN6OS. The summed E-state index contributed by atoms with van der Waals surface area (Å²) >= 11 is 4.76. The van der Waals surface area contributed by atoms with Crippen molar-refractivity contribution in [3.05, 3.63) is 88.7 Å². The molecule has 0 bridgehead atoms. The van der Waals surface area contributed by atoms with Crippen molar-refractivity contribution < 1.29 is 4.79 Å². The summed E-state index contributed by atoms with van der Waals surface area (Å²) in [6, 6.07) is 19.5. The Hall–Kier alpha value is -3.30. The third kappa shape index (κ3) is 5.49. The maximum absolute atomic E-state index is 12.3. The van der Waals surface area contributed by atoms with Crippen LogP contribution in [0.1, 0.15) is 11.1 Å². The van der Waals surface area contributed by atoms with Crippen molar-refractivity contribution in [2.45, 2.75) is 12.1 Å². The number of aromatic nitrogens is 4. The van der Waals surface area contributed by atoms with Gasteiger partial charge in [-0.25, -0.2) is 5.43 Å². The van der Waals surface area contributed by atoms with Gasteiger partial charge in [-0.05, 0) is 48.9 Å². The van der Waals surface area contributed by atoms with E-state index in [1.165, 1.54) is 11.8 Å². The van der Waals surface area contributed by atoms with E-state index >= 15 is 0 Å². The van der Waals surface area contributed by atoms with Gasteiger partial charge >= 0.3 is 0 Å². The largest absolute Gasteiger partial charge is 0.272 e. The van der Waals surface area contributed by atoms with Crippen molar-refractivity contribution in [1.29, 1.82) is 0 Å². The zero-order valence-electron chi connectivity index (χ0n) is 17.1. The lowest BCUT2D eigenvalue weighted by atomic mass is 10.2. The third-order valence-electron chi connectivity index (χ3n) is 4.43. The highest BCUT2D eigenvalue weighted by Gasteiger charge is 2.17. The number of carbonyl (C=O) groups excluding carboxylic acids is 1. The third-order valence-corrected chi connectivity index (χ3v) is 5.89. The SMILES string of the molecule is Cc1cccc(/C=N\NC(=O)CSc2nnc(-c3ccncc3)n2-c2ccc(Br)cc2)c1. The average molecular weight is 507 g/mol. The van der Waals surface area contributed by atoms with Crippen molar-refractivity contribution in [3.8, 4) is 17.1 Å². The van der Waals surface area contributed by atoms with Gasteiger partial charge in [0.15, 0.2) is 11.0 Å². The van der Waals surface area contributed by atoms with Crippen LogP contribution in [0.4, 0.5) is 0 Å². The zero-order chi connectivity index (χ0) is 22.3. The van der Waals surface area contributed by atoms with Gasteiger partial charge in [-0.15, -0.1) is 10.2 Å². The molecule has 0 unspecified atom stereocenters. The summed E-state index contributed by atoms with van der Waals surface area (Å²) in [5, 5.41) is 13.3. The van der Waals surface area contributed by atoms with Crippen molar-refractivity contribution >= 4 is 39.8 Å². The highest BCUT2D eigenvalue weighted by Crippen LogP contribution is 2.28. The summed E-state index contributed by atoms with van der Waals surface area (Å²) in [6.07, 6.45) is 5.05. The van der Waals surface area contributed by atoms with Crippen LogP contribution < -0.4 is 5.43 Å². The van der Waals surface area contributed by atoms with Gasteiger partial charge in [0.25, 0.3) is 5.91 Å². The number of carbonyl (C=O) groups is 1. The van der Waals surface area contributed by atoms with Gasteiger partial charge in [-0.2, -0.15) is 5.10 Å². The molecule has 0 spiro atoms. The first-order chi connectivity index (χ1) is 15.6. The van der Waals surface area contributed by atoms with E-state index in [-0.39, 0.29) is 11.7 Å². The van der Waals surface area contributed by atoms with Gasteiger partial charge in [0.05, 0.1) is 12.0 Å². The molecule has 4 aromatic rings. The number of nitrogens with one attached hydrogen (secondary N) is 1. The number of amides is 1. The second-order valence-corrected chi connectivity index (χ2v) is 8.71. The predicted octanol–water partition coefficient (Wildman–Crippen LogP) is 4.64. The Bertz CT molecular complexity index is 1240. The topological polar surface area (TPSA) is 85.1 Å². The number of hydrogen-bond acceptors (Lipinski definition) is 6. The van der Waals surface area contributed by atoms with E-state index in [4.69, 9.17) is 0 Å². The predicted molar refractivity (Wildman–Crippen MR) is 130 cm³/mol. The Kier molecular flexibility index (Phi) is 7.08. The Morgan fingerprint density at radius 1 is 1.12 bits per heavy atom. The first-order valence-corrected chi connectivity index (χ1v) is 11.5. The molecular weight excluding hydrogens is 488 g/mol. The van der Waals surface area contributed by atoms with Crippen molar-refractivity contribution in [2.75, 3.05) is 5.75 Å². The van der Waals surface area contributed by atoms with Crippen LogP contribution in [-0.2, 0) is 4.79 Å². The molecule has 2 aromatic heterocycles. The van der Waals surface area contributed by atoms with Gasteiger partial charge in [0.2, 0.25) is 0 Å². The maximum Gasteiger partial charge on any atom is 0.250 e. The number of benzene rings is 2. The number of aryl methyl sites for hydroxylation is 1. The van der Waals surface area contributed by atoms with E-state index in [1.807, 2.05) is 72.2 Å². The van der Waals surface area contributed by atoms with Crippen LogP contribution >= 0.6 is 27.7 Å². The van der Waals surface area contributed by atoms with Crippen LogP contribution in [0.2, 0.25) is 0 Å². The van der Waals surface area contributed by atoms with Gasteiger partial charge in [0.1, 0.15) is 0 Å². The van der Waals surface area contributed by atoms with E-state index < -0.39 is 0 Å². The Balaban J connectivity index is 1.50. The lowest BCUT2D eigenvalue weighted by Gasteiger charge is -2.10. The molecule has 0 fully saturated rings. The van der Waals surface area contributed by atoms with Crippen LogP contribution in [0.5, 0.6) is 0 Å². The number of nitrogens with zero attached hydrogens (tertiary/aromatic N) is 5. The lowest BCUT2D eigenvalue weighted by molar-refractivity contribution is -0.118. The molecule has 0 saturated carbocycles. The van der Waals surface area contributed by atoms with Gasteiger partial charge in [-0.3, -0.25) is 14.3 Å². The van der Waals surface area contributed by atoms with Crippen molar-refractivity contribution in [3.63, 3.8) is 0 Å². The van der Waals surface area contributed by atoms with E-state index in [1.54, 1.807) is 18.6 Å². The number of halogens is 1. The molecule has 0 aliphatic rings. The Morgan fingerprint density at radius 3 is 2.66 bits per heavy atom. The van der Waals surface area contributed by atoms with Crippen LogP contribution in [0.15, 0.2) is 87.8 Å². The summed E-state index contributed by atoms with van der Waals surface area (Å²) in [6.45, 7) is 2.01. The molecule has 0 saturated heterocycles. The van der Waals surface area contributed by atoms with Gasteiger partial charge in [0, 0.05) is 28.1 Å². The van der Waals surface area contributed by atoms with Crippen LogP contribution in [0.3, 0.4) is 0 Å². The standard InChI is InChI=1S/C23H19BrN6OS/c1-16-3-2-4-17(13-16)14-26-27-21(31)15-32-23-29-28-22(18-9-11-25-12-10-18)30(23)20-7-5-19(24)6-8-20/h2-14H,15H2,1H3,(H,27,31)/b26-14-. The number of thioether (sulfide) groups is 1. The quantitative estimate of drug-likeness (QED) is 0.224. The number of hydrazone groups is 1. The number of hydrogen-bond donors (Lipinski definition) is 1. The smallest absolute Gasteiger partial charge is 0.250 e. The first-order valence-electron chi connectivity index (χ1n) is 9.73. The number of rotatable bonds is 7. The highest BCUT2D eigenvalue weighted by atomic mass is 79.9. The lowest BCUT2D eigenvalue weighted by Crippen LogP contribution is -2.20. The number of pyridine rings is 1. The summed E-state index contributed by atoms with van der Waals surface area (Å²) in [4.78, 5) is 16.4. The first kappa shape index (κ1) is 21.9. The molecule has 2 heterocycles. The molecule has 9 heteroatoms. The monoisotopic (exact) mass is 506 g/mol. The Labute approximate surface area is 198 Å². The minimum absolute atomic E-state index is 0.149. The summed E-state index contributed by atoms with van der Waals surface area (Å²) < 4.78 is 2.90. The molecule has 160 valence electrons. The molecule has 0 aliphatic carbocycles. The highest BCUT2D eigenvalue weighted by molar-refractivity contribution is 9.10. The van der Waals surface area contributed by atoms with E-state index in [2.05, 4.69) is 41.6 Å². The van der Waals surface area contributed by atoms with Gasteiger partial charge in [-0.1, -0.05) is 57.5 Å². The van der Waals surface area contributed by atoms with Crippen LogP contribution in [0.25, 0.3) is 17.1 Å². The van der Waals surface area contributed by atoms with E-state index in [0.29, 0.717) is 11.0 Å². The van der Waals surface area contributed by atoms with Crippen LogP contribution in [0, 0.1) is 6.92 Å². The fraction of sp³-hybridized carbons (Fsp3) is 0.0870. The van der Waals surface area contributed by atoms with Crippen molar-refractivity contribution in [1.82, 2.24) is 25.2 Å². The summed E-state index contributed by atoms with van der Waals surface area (Å²) in [5.41, 5.74) is 6.40. The van der Waals surface area contributed by atoms with Gasteiger partial charge < -0.3 is 0 Å². The molecule has 0 radical (unpaired) electrons. The Morgan fingerprint density at radius 2 is 1.91 bits per heavy atom. The van der Waals surface area contributed by atoms with Crippen molar-refractivity contribution in [2.24, 2.45) is 5.10 Å². The molecule has 2 aromatic carbocycles. The fourth-order valence-electron chi connectivity index (χ4n) is 2.97.